The lowest BCUT2D eigenvalue weighted by molar-refractivity contribution is -0.119. The molecule has 2 rings (SSSR count). The second kappa shape index (κ2) is 7.74. The second-order valence-corrected chi connectivity index (χ2v) is 5.38. The Balaban J connectivity index is 0.00000180. The minimum absolute atomic E-state index is 0. The molecule has 0 saturated carbocycles. The van der Waals surface area contributed by atoms with E-state index in [-0.39, 0.29) is 24.2 Å². The van der Waals surface area contributed by atoms with Crippen molar-refractivity contribution >= 4 is 34.8 Å². The van der Waals surface area contributed by atoms with Crippen LogP contribution in [0.3, 0.4) is 0 Å². The van der Waals surface area contributed by atoms with Crippen LogP contribution < -0.4 is 11.1 Å². The van der Waals surface area contributed by atoms with E-state index in [9.17, 15) is 4.79 Å². The van der Waals surface area contributed by atoms with Gasteiger partial charge >= 0.3 is 0 Å². The minimum Gasteiger partial charge on any atom is -0.381 e. The van der Waals surface area contributed by atoms with Gasteiger partial charge in [0.1, 0.15) is 5.01 Å². The fraction of sp³-hybridized carbons (Fsp3) is 0.727. The monoisotopic (exact) mass is 306 g/mol. The molecular formula is C11H19ClN4O2S. The number of amides is 1. The van der Waals surface area contributed by atoms with Gasteiger partial charge in [0.05, 0.1) is 6.04 Å². The van der Waals surface area contributed by atoms with E-state index in [4.69, 9.17) is 10.5 Å². The summed E-state index contributed by atoms with van der Waals surface area (Å²) in [5.74, 6) is 0.0121. The quantitative estimate of drug-likeness (QED) is 0.873. The van der Waals surface area contributed by atoms with Gasteiger partial charge in [0.15, 0.2) is 0 Å². The van der Waals surface area contributed by atoms with Crippen LogP contribution in [0.15, 0.2) is 0 Å². The maximum Gasteiger partial charge on any atom is 0.243 e. The Labute approximate surface area is 122 Å². The zero-order chi connectivity index (χ0) is 13.0. The molecule has 108 valence electrons. The van der Waals surface area contributed by atoms with Crippen molar-refractivity contribution < 1.29 is 9.53 Å². The van der Waals surface area contributed by atoms with Crippen molar-refractivity contribution in [3.8, 4) is 0 Å². The normalized spacial score (nSPS) is 17.6. The van der Waals surface area contributed by atoms with Crippen LogP contribution in [0.5, 0.6) is 0 Å². The van der Waals surface area contributed by atoms with Crippen LogP contribution in [0.1, 0.15) is 24.8 Å². The van der Waals surface area contributed by atoms with Gasteiger partial charge in [-0.3, -0.25) is 10.1 Å². The van der Waals surface area contributed by atoms with Crippen LogP contribution >= 0.6 is 23.7 Å². The van der Waals surface area contributed by atoms with Gasteiger partial charge in [-0.05, 0) is 25.2 Å². The molecular weight excluding hydrogens is 288 g/mol. The smallest absolute Gasteiger partial charge is 0.243 e. The largest absolute Gasteiger partial charge is 0.381 e. The number of rotatable bonds is 4. The molecule has 1 amide bonds. The van der Waals surface area contributed by atoms with Gasteiger partial charge in [0.25, 0.3) is 0 Å². The van der Waals surface area contributed by atoms with E-state index in [2.05, 4.69) is 15.5 Å². The molecule has 1 aromatic rings. The summed E-state index contributed by atoms with van der Waals surface area (Å²) in [5, 5.41) is 12.0. The molecule has 3 N–H and O–H groups in total. The van der Waals surface area contributed by atoms with E-state index < -0.39 is 6.04 Å². The first-order valence-corrected chi connectivity index (χ1v) is 6.99. The van der Waals surface area contributed by atoms with Crippen LogP contribution in [0.25, 0.3) is 0 Å². The third-order valence-corrected chi connectivity index (χ3v) is 4.06. The SMILES string of the molecule is CCc1nnc(NC(=O)C(N)C2CCOCC2)s1.Cl. The summed E-state index contributed by atoms with van der Waals surface area (Å²) in [5.41, 5.74) is 5.97. The number of nitrogens with two attached hydrogens (primary N) is 1. The molecule has 1 fully saturated rings. The van der Waals surface area contributed by atoms with E-state index in [0.717, 1.165) is 24.3 Å². The van der Waals surface area contributed by atoms with Gasteiger partial charge in [0.2, 0.25) is 11.0 Å². The number of halogens is 1. The fourth-order valence-corrected chi connectivity index (χ4v) is 2.61. The van der Waals surface area contributed by atoms with Crippen molar-refractivity contribution in [3.05, 3.63) is 5.01 Å². The average molecular weight is 307 g/mol. The first-order valence-electron chi connectivity index (χ1n) is 6.17. The number of nitrogens with one attached hydrogen (secondary N) is 1. The number of hydrogen-bond acceptors (Lipinski definition) is 6. The van der Waals surface area contributed by atoms with Gasteiger partial charge in [-0.1, -0.05) is 18.3 Å². The molecule has 6 nitrogen and oxygen atoms in total. The van der Waals surface area contributed by atoms with E-state index in [1.165, 1.54) is 11.3 Å². The van der Waals surface area contributed by atoms with Crippen molar-refractivity contribution in [2.75, 3.05) is 18.5 Å². The standard InChI is InChI=1S/C11H18N4O2S.ClH/c1-2-8-14-15-11(18-8)13-10(16)9(12)7-3-5-17-6-4-7;/h7,9H,2-6,12H2,1H3,(H,13,15,16);1H. The van der Waals surface area contributed by atoms with Gasteiger partial charge in [0, 0.05) is 13.2 Å². The number of aryl methyl sites for hydroxylation is 1. The lowest BCUT2D eigenvalue weighted by Crippen LogP contribution is -2.43. The van der Waals surface area contributed by atoms with Crippen LogP contribution in [-0.2, 0) is 16.0 Å². The van der Waals surface area contributed by atoms with Crippen molar-refractivity contribution in [3.63, 3.8) is 0 Å². The summed E-state index contributed by atoms with van der Waals surface area (Å²) in [4.78, 5) is 12.0. The lowest BCUT2D eigenvalue weighted by Gasteiger charge is -2.26. The third-order valence-electron chi connectivity index (χ3n) is 3.08. The first-order chi connectivity index (χ1) is 8.70. The molecule has 1 aliphatic heterocycles. The predicted molar refractivity (Wildman–Crippen MR) is 76.7 cm³/mol. The second-order valence-electron chi connectivity index (χ2n) is 4.32. The Morgan fingerprint density at radius 2 is 2.21 bits per heavy atom. The molecule has 0 bridgehead atoms. The van der Waals surface area contributed by atoms with Crippen LogP contribution in [0.2, 0.25) is 0 Å². The summed E-state index contributed by atoms with van der Waals surface area (Å²) in [6.07, 6.45) is 2.50. The van der Waals surface area contributed by atoms with Crippen molar-refractivity contribution in [2.45, 2.75) is 32.2 Å². The van der Waals surface area contributed by atoms with Crippen LogP contribution in [-0.4, -0.2) is 35.4 Å². The summed E-state index contributed by atoms with van der Waals surface area (Å²) >= 11 is 1.39. The zero-order valence-corrected chi connectivity index (χ0v) is 12.4. The Bertz CT molecular complexity index is 409. The number of carbonyl (C=O) groups is 1. The Kier molecular flexibility index (Phi) is 6.64. The highest BCUT2D eigenvalue weighted by Gasteiger charge is 2.27. The molecule has 8 heteroatoms. The van der Waals surface area contributed by atoms with E-state index in [1.807, 2.05) is 6.92 Å². The summed E-state index contributed by atoms with van der Waals surface area (Å²) in [6, 6.07) is -0.497. The third kappa shape index (κ3) is 4.38. The molecule has 0 aliphatic carbocycles. The molecule has 1 atom stereocenters. The van der Waals surface area contributed by atoms with Crippen LogP contribution in [0.4, 0.5) is 5.13 Å². The number of aromatic nitrogens is 2. The maximum absolute atomic E-state index is 12.0. The highest BCUT2D eigenvalue weighted by atomic mass is 35.5. The van der Waals surface area contributed by atoms with Gasteiger partial charge in [-0.15, -0.1) is 22.6 Å². The van der Waals surface area contributed by atoms with Crippen molar-refractivity contribution in [2.24, 2.45) is 11.7 Å². The molecule has 1 aromatic heterocycles. The van der Waals surface area contributed by atoms with Gasteiger partial charge in [-0.2, -0.15) is 0 Å². The highest BCUT2D eigenvalue weighted by Crippen LogP contribution is 2.20. The van der Waals surface area contributed by atoms with E-state index >= 15 is 0 Å². The lowest BCUT2D eigenvalue weighted by atomic mass is 9.92. The topological polar surface area (TPSA) is 90.1 Å². The Morgan fingerprint density at radius 3 is 2.79 bits per heavy atom. The molecule has 2 heterocycles. The zero-order valence-electron chi connectivity index (χ0n) is 10.8. The minimum atomic E-state index is -0.497. The molecule has 0 radical (unpaired) electrons. The number of hydrogen-bond donors (Lipinski definition) is 2. The molecule has 1 aliphatic rings. The highest BCUT2D eigenvalue weighted by molar-refractivity contribution is 7.15. The molecule has 1 unspecified atom stereocenters. The van der Waals surface area contributed by atoms with Gasteiger partial charge in [-0.25, -0.2) is 0 Å². The first kappa shape index (κ1) is 16.3. The number of carbonyl (C=O) groups excluding carboxylic acids is 1. The van der Waals surface area contributed by atoms with E-state index in [1.54, 1.807) is 0 Å². The molecule has 19 heavy (non-hydrogen) atoms. The summed E-state index contributed by atoms with van der Waals surface area (Å²) in [6.45, 7) is 3.37. The molecule has 0 spiro atoms. The van der Waals surface area contributed by atoms with Crippen molar-refractivity contribution in [1.82, 2.24) is 10.2 Å². The molecule has 0 aromatic carbocycles. The van der Waals surface area contributed by atoms with Crippen LogP contribution in [0, 0.1) is 5.92 Å². The number of anilines is 1. The van der Waals surface area contributed by atoms with Gasteiger partial charge < -0.3 is 10.5 Å². The van der Waals surface area contributed by atoms with Crippen molar-refractivity contribution in [1.29, 1.82) is 0 Å². The Morgan fingerprint density at radius 1 is 1.53 bits per heavy atom. The maximum atomic E-state index is 12.0. The predicted octanol–water partition coefficient (Wildman–Crippen LogP) is 1.21. The molecule has 1 saturated heterocycles. The average Bonchev–Trinajstić information content (AvgIpc) is 2.86. The summed E-state index contributed by atoms with van der Waals surface area (Å²) in [7, 11) is 0. The van der Waals surface area contributed by atoms with E-state index in [0.29, 0.717) is 18.3 Å². The Hall–Kier alpha value is -0.760. The number of nitrogens with zero attached hydrogens (tertiary/aromatic N) is 2. The summed E-state index contributed by atoms with van der Waals surface area (Å²) < 4.78 is 5.26. The fourth-order valence-electron chi connectivity index (χ4n) is 1.92. The number of ether oxygens (including phenoxy) is 1.